The predicted molar refractivity (Wildman–Crippen MR) is 137 cm³/mol. The Hall–Kier alpha value is -3.78. The molecular formula is C27H30N6O2. The second-order valence-electron chi connectivity index (χ2n) is 9.16. The van der Waals surface area contributed by atoms with Crippen LogP contribution in [-0.2, 0) is 24.8 Å². The van der Waals surface area contributed by atoms with Gasteiger partial charge >= 0.3 is 0 Å². The summed E-state index contributed by atoms with van der Waals surface area (Å²) in [4.78, 5) is 32.8. The number of carbonyl (C=O) groups is 1. The molecule has 1 aliphatic heterocycles. The van der Waals surface area contributed by atoms with Crippen LogP contribution in [-0.4, -0.2) is 43.2 Å². The fraction of sp³-hybridized carbons (Fsp3) is 0.333. The first-order valence-corrected chi connectivity index (χ1v) is 12.1. The van der Waals surface area contributed by atoms with Crippen LogP contribution in [0.25, 0.3) is 16.9 Å². The highest BCUT2D eigenvalue weighted by molar-refractivity contribution is 5.90. The first kappa shape index (κ1) is 23.0. The summed E-state index contributed by atoms with van der Waals surface area (Å²) in [5.74, 6) is -0.135. The van der Waals surface area contributed by atoms with E-state index in [2.05, 4.69) is 26.4 Å². The molecule has 1 aliphatic rings. The van der Waals surface area contributed by atoms with Crippen LogP contribution in [0, 0.1) is 6.92 Å². The molecule has 8 heteroatoms. The Morgan fingerprint density at radius 2 is 1.83 bits per heavy atom. The normalized spacial score (nSPS) is 14.0. The van der Waals surface area contributed by atoms with Gasteiger partial charge < -0.3 is 5.32 Å². The summed E-state index contributed by atoms with van der Waals surface area (Å²) in [6.07, 6.45) is 2.94. The molecule has 5 rings (SSSR count). The Kier molecular flexibility index (Phi) is 6.46. The molecule has 0 atom stereocenters. The Bertz CT molecular complexity index is 1420. The lowest BCUT2D eigenvalue weighted by molar-refractivity contribution is -0.116. The van der Waals surface area contributed by atoms with Gasteiger partial charge in [0.25, 0.3) is 5.56 Å². The molecule has 0 spiro atoms. The number of rotatable bonds is 7. The van der Waals surface area contributed by atoms with E-state index in [-0.39, 0.29) is 24.3 Å². The van der Waals surface area contributed by atoms with Crippen LogP contribution in [0.1, 0.15) is 36.2 Å². The van der Waals surface area contributed by atoms with Crippen molar-refractivity contribution in [2.24, 2.45) is 7.05 Å². The van der Waals surface area contributed by atoms with Crippen molar-refractivity contribution in [1.29, 1.82) is 0 Å². The van der Waals surface area contributed by atoms with Gasteiger partial charge in [0.15, 0.2) is 5.65 Å². The second-order valence-corrected chi connectivity index (χ2v) is 9.16. The third-order valence-corrected chi connectivity index (χ3v) is 6.53. The van der Waals surface area contributed by atoms with Crippen molar-refractivity contribution in [3.8, 4) is 5.69 Å². The maximum absolute atomic E-state index is 13.1. The standard InChI is InChI=1S/C27H30N6O2/c1-19-25-26(33(30-19)22-11-4-3-5-12-22)31(2)27(35)23(29-25)13-14-24(34)28-21-10-8-9-20(17-21)18-32-15-6-7-16-32/h3-5,8-12,17H,6-7,13-16,18H2,1-2H3,(H,28,34). The second kappa shape index (κ2) is 9.84. The van der Waals surface area contributed by atoms with E-state index in [0.717, 1.165) is 36.7 Å². The third-order valence-electron chi connectivity index (χ3n) is 6.53. The molecule has 0 saturated carbocycles. The summed E-state index contributed by atoms with van der Waals surface area (Å²) < 4.78 is 3.31. The van der Waals surface area contributed by atoms with Gasteiger partial charge in [0.05, 0.1) is 11.4 Å². The smallest absolute Gasteiger partial charge is 0.273 e. The predicted octanol–water partition coefficient (Wildman–Crippen LogP) is 3.59. The van der Waals surface area contributed by atoms with E-state index in [1.54, 1.807) is 16.3 Å². The fourth-order valence-corrected chi connectivity index (χ4v) is 4.73. The van der Waals surface area contributed by atoms with Crippen LogP contribution in [0.4, 0.5) is 5.69 Å². The molecule has 2 aromatic heterocycles. The summed E-state index contributed by atoms with van der Waals surface area (Å²) in [5.41, 5.74) is 5.03. The average Bonchev–Trinajstić information content (AvgIpc) is 3.49. The van der Waals surface area contributed by atoms with Gasteiger partial charge in [-0.1, -0.05) is 30.3 Å². The molecule has 1 amide bonds. The van der Waals surface area contributed by atoms with Gasteiger partial charge in [0.1, 0.15) is 11.2 Å². The van der Waals surface area contributed by atoms with Crippen molar-refractivity contribution in [2.45, 2.75) is 39.2 Å². The zero-order valence-corrected chi connectivity index (χ0v) is 20.2. The minimum absolute atomic E-state index is 0.135. The van der Waals surface area contributed by atoms with Crippen molar-refractivity contribution in [3.05, 3.63) is 81.9 Å². The Labute approximate surface area is 204 Å². The van der Waals surface area contributed by atoms with E-state index in [0.29, 0.717) is 16.9 Å². The summed E-state index contributed by atoms with van der Waals surface area (Å²) in [6.45, 7) is 5.05. The summed E-state index contributed by atoms with van der Waals surface area (Å²) >= 11 is 0. The van der Waals surface area contributed by atoms with Crippen molar-refractivity contribution < 1.29 is 4.79 Å². The van der Waals surface area contributed by atoms with E-state index < -0.39 is 0 Å². The highest BCUT2D eigenvalue weighted by atomic mass is 16.1. The number of hydrogen-bond acceptors (Lipinski definition) is 5. The van der Waals surface area contributed by atoms with E-state index >= 15 is 0 Å². The number of likely N-dealkylation sites (tertiary alicyclic amines) is 1. The molecule has 1 fully saturated rings. The number of aromatic nitrogens is 4. The number of nitrogens with one attached hydrogen (secondary N) is 1. The largest absolute Gasteiger partial charge is 0.326 e. The van der Waals surface area contributed by atoms with Crippen LogP contribution in [0.5, 0.6) is 0 Å². The molecule has 0 unspecified atom stereocenters. The van der Waals surface area contributed by atoms with Gasteiger partial charge in [-0.2, -0.15) is 5.10 Å². The lowest BCUT2D eigenvalue weighted by Gasteiger charge is -2.15. The maximum Gasteiger partial charge on any atom is 0.273 e. The molecule has 0 aliphatic carbocycles. The number of para-hydroxylation sites is 1. The quantitative estimate of drug-likeness (QED) is 0.446. The minimum atomic E-state index is -0.213. The first-order valence-electron chi connectivity index (χ1n) is 12.1. The van der Waals surface area contributed by atoms with Crippen LogP contribution in [0.15, 0.2) is 59.4 Å². The minimum Gasteiger partial charge on any atom is -0.326 e. The monoisotopic (exact) mass is 470 g/mol. The number of fused-ring (bicyclic) bond motifs is 1. The summed E-state index contributed by atoms with van der Waals surface area (Å²) in [6, 6.07) is 17.7. The number of hydrogen-bond donors (Lipinski definition) is 1. The molecule has 1 N–H and O–H groups in total. The topological polar surface area (TPSA) is 85.1 Å². The van der Waals surface area contributed by atoms with Crippen molar-refractivity contribution >= 4 is 22.8 Å². The number of aryl methyl sites for hydroxylation is 3. The van der Waals surface area contributed by atoms with Crippen LogP contribution in [0.3, 0.4) is 0 Å². The molecule has 35 heavy (non-hydrogen) atoms. The number of amides is 1. The van der Waals surface area contributed by atoms with Crippen LogP contribution < -0.4 is 10.9 Å². The van der Waals surface area contributed by atoms with E-state index in [1.807, 2.05) is 55.5 Å². The number of nitrogens with zero attached hydrogens (tertiary/aromatic N) is 5. The van der Waals surface area contributed by atoms with Crippen LogP contribution >= 0.6 is 0 Å². The summed E-state index contributed by atoms with van der Waals surface area (Å²) in [5, 5.41) is 7.59. The highest BCUT2D eigenvalue weighted by Crippen LogP contribution is 2.20. The van der Waals surface area contributed by atoms with Gasteiger partial charge in [-0.25, -0.2) is 9.67 Å². The lowest BCUT2D eigenvalue weighted by atomic mass is 10.1. The zero-order chi connectivity index (χ0) is 24.4. The zero-order valence-electron chi connectivity index (χ0n) is 20.2. The van der Waals surface area contributed by atoms with Crippen molar-refractivity contribution in [1.82, 2.24) is 24.2 Å². The van der Waals surface area contributed by atoms with Crippen LogP contribution in [0.2, 0.25) is 0 Å². The third kappa shape index (κ3) is 4.88. The molecule has 180 valence electrons. The van der Waals surface area contributed by atoms with E-state index in [1.165, 1.54) is 18.4 Å². The molecular weight excluding hydrogens is 440 g/mol. The Balaban J connectivity index is 1.30. The van der Waals surface area contributed by atoms with Gasteiger partial charge in [-0.3, -0.25) is 19.1 Å². The van der Waals surface area contributed by atoms with Gasteiger partial charge in [0, 0.05) is 32.1 Å². The molecule has 2 aromatic carbocycles. The molecule has 3 heterocycles. The number of carbonyl (C=O) groups excluding carboxylic acids is 1. The molecule has 8 nitrogen and oxygen atoms in total. The first-order chi connectivity index (χ1) is 17.0. The SMILES string of the molecule is Cc1nn(-c2ccccc2)c2c1nc(CCC(=O)Nc1cccc(CN3CCCC3)c1)c(=O)n2C. The van der Waals surface area contributed by atoms with E-state index in [4.69, 9.17) is 0 Å². The molecule has 1 saturated heterocycles. The van der Waals surface area contributed by atoms with Gasteiger partial charge in [0.2, 0.25) is 5.91 Å². The lowest BCUT2D eigenvalue weighted by Crippen LogP contribution is -2.25. The van der Waals surface area contributed by atoms with Crippen molar-refractivity contribution in [2.75, 3.05) is 18.4 Å². The molecule has 0 radical (unpaired) electrons. The molecule has 4 aromatic rings. The summed E-state index contributed by atoms with van der Waals surface area (Å²) in [7, 11) is 1.72. The van der Waals surface area contributed by atoms with Gasteiger partial charge in [-0.05, 0) is 62.7 Å². The maximum atomic E-state index is 13.1. The highest BCUT2D eigenvalue weighted by Gasteiger charge is 2.18. The number of benzene rings is 2. The number of anilines is 1. The average molecular weight is 471 g/mol. The van der Waals surface area contributed by atoms with Gasteiger partial charge in [-0.15, -0.1) is 0 Å². The van der Waals surface area contributed by atoms with Crippen molar-refractivity contribution in [3.63, 3.8) is 0 Å². The van der Waals surface area contributed by atoms with E-state index in [9.17, 15) is 9.59 Å². The molecule has 0 bridgehead atoms. The fourth-order valence-electron chi connectivity index (χ4n) is 4.73. The Morgan fingerprint density at radius 1 is 1.06 bits per heavy atom. The Morgan fingerprint density at radius 3 is 2.60 bits per heavy atom.